The normalized spacial score (nSPS) is 11.9. The SMILES string of the molecule is C#CCCCOC(=O)C(c1ccccc1)N(C)CC. The van der Waals surface area contributed by atoms with E-state index < -0.39 is 0 Å². The standard InChI is InChI=1S/C16H21NO2/c1-4-6-10-13-19-16(18)15(17(3)5-2)14-11-8-7-9-12-14/h1,7-9,11-12,15H,5-6,10,13H2,2-3H3. The van der Waals surface area contributed by atoms with E-state index in [0.29, 0.717) is 19.4 Å². The van der Waals surface area contributed by atoms with Gasteiger partial charge in [0.25, 0.3) is 0 Å². The number of carbonyl (C=O) groups is 1. The Morgan fingerprint density at radius 3 is 2.68 bits per heavy atom. The van der Waals surface area contributed by atoms with E-state index in [1.807, 2.05) is 49.2 Å². The van der Waals surface area contributed by atoms with Crippen molar-refractivity contribution in [1.29, 1.82) is 0 Å². The molecular weight excluding hydrogens is 238 g/mol. The number of hydrogen-bond donors (Lipinski definition) is 0. The van der Waals surface area contributed by atoms with Crippen LogP contribution < -0.4 is 0 Å². The summed E-state index contributed by atoms with van der Waals surface area (Å²) >= 11 is 0. The van der Waals surface area contributed by atoms with Gasteiger partial charge in [-0.25, -0.2) is 4.79 Å². The van der Waals surface area contributed by atoms with Gasteiger partial charge in [0, 0.05) is 6.42 Å². The minimum absolute atomic E-state index is 0.215. The Labute approximate surface area is 115 Å². The molecule has 0 bridgehead atoms. The van der Waals surface area contributed by atoms with Gasteiger partial charge in [0.15, 0.2) is 0 Å². The quantitative estimate of drug-likeness (QED) is 0.428. The number of likely N-dealkylation sites (N-methyl/N-ethyl adjacent to an activating group) is 1. The number of esters is 1. The van der Waals surface area contributed by atoms with Crippen LogP contribution in [0.2, 0.25) is 0 Å². The van der Waals surface area contributed by atoms with Crippen LogP contribution in [-0.4, -0.2) is 31.1 Å². The molecule has 19 heavy (non-hydrogen) atoms. The highest BCUT2D eigenvalue weighted by Gasteiger charge is 2.25. The highest BCUT2D eigenvalue weighted by Crippen LogP contribution is 2.20. The average Bonchev–Trinajstić information content (AvgIpc) is 2.45. The lowest BCUT2D eigenvalue weighted by molar-refractivity contribution is -0.149. The number of unbranched alkanes of at least 4 members (excludes halogenated alkanes) is 1. The summed E-state index contributed by atoms with van der Waals surface area (Å²) in [5, 5.41) is 0. The van der Waals surface area contributed by atoms with Gasteiger partial charge in [0.2, 0.25) is 0 Å². The Morgan fingerprint density at radius 1 is 1.42 bits per heavy atom. The van der Waals surface area contributed by atoms with E-state index in [1.165, 1.54) is 0 Å². The molecule has 0 spiro atoms. The predicted molar refractivity (Wildman–Crippen MR) is 76.5 cm³/mol. The highest BCUT2D eigenvalue weighted by atomic mass is 16.5. The summed E-state index contributed by atoms with van der Waals surface area (Å²) in [5.74, 6) is 2.32. The maximum Gasteiger partial charge on any atom is 0.327 e. The van der Waals surface area contributed by atoms with E-state index in [0.717, 1.165) is 12.1 Å². The molecule has 0 radical (unpaired) electrons. The first-order chi connectivity index (χ1) is 9.20. The molecule has 0 heterocycles. The maximum atomic E-state index is 12.2. The molecule has 3 nitrogen and oxygen atoms in total. The molecule has 0 saturated carbocycles. The molecule has 3 heteroatoms. The molecule has 0 aromatic heterocycles. The summed E-state index contributed by atoms with van der Waals surface area (Å²) in [5.41, 5.74) is 0.953. The molecule has 0 aliphatic carbocycles. The lowest BCUT2D eigenvalue weighted by Crippen LogP contribution is -2.32. The van der Waals surface area contributed by atoms with Gasteiger partial charge >= 0.3 is 5.97 Å². The van der Waals surface area contributed by atoms with Gasteiger partial charge in [-0.1, -0.05) is 37.3 Å². The lowest BCUT2D eigenvalue weighted by atomic mass is 10.1. The maximum absolute atomic E-state index is 12.2. The van der Waals surface area contributed by atoms with Gasteiger partial charge in [-0.3, -0.25) is 4.90 Å². The van der Waals surface area contributed by atoms with E-state index >= 15 is 0 Å². The summed E-state index contributed by atoms with van der Waals surface area (Å²) in [4.78, 5) is 14.2. The summed E-state index contributed by atoms with van der Waals surface area (Å²) in [6.07, 6.45) is 6.51. The third kappa shape index (κ3) is 4.76. The molecule has 0 N–H and O–H groups in total. The van der Waals surface area contributed by atoms with Crippen LogP contribution in [0.25, 0.3) is 0 Å². The first-order valence-electron chi connectivity index (χ1n) is 6.56. The Kier molecular flexibility index (Phi) is 6.70. The second kappa shape index (κ2) is 8.34. The van der Waals surface area contributed by atoms with Crippen molar-refractivity contribution >= 4 is 5.97 Å². The largest absolute Gasteiger partial charge is 0.464 e. The Morgan fingerprint density at radius 2 is 2.11 bits per heavy atom. The van der Waals surface area contributed by atoms with Crippen molar-refractivity contribution in [2.24, 2.45) is 0 Å². The van der Waals surface area contributed by atoms with Crippen molar-refractivity contribution in [3.05, 3.63) is 35.9 Å². The van der Waals surface area contributed by atoms with E-state index in [9.17, 15) is 4.79 Å². The zero-order valence-corrected chi connectivity index (χ0v) is 11.6. The molecule has 0 aliphatic heterocycles. The molecule has 1 aromatic rings. The van der Waals surface area contributed by atoms with Crippen LogP contribution in [0.15, 0.2) is 30.3 Å². The van der Waals surface area contributed by atoms with Crippen molar-refractivity contribution in [2.45, 2.75) is 25.8 Å². The zero-order chi connectivity index (χ0) is 14.1. The number of rotatable bonds is 7. The monoisotopic (exact) mass is 259 g/mol. The van der Waals surface area contributed by atoms with Crippen LogP contribution in [0.1, 0.15) is 31.4 Å². The minimum atomic E-state index is -0.350. The summed E-state index contributed by atoms with van der Waals surface area (Å²) < 4.78 is 5.31. The van der Waals surface area contributed by atoms with Crippen molar-refractivity contribution in [3.8, 4) is 12.3 Å². The molecule has 1 rings (SSSR count). The first kappa shape index (κ1) is 15.3. The van der Waals surface area contributed by atoms with E-state index in [4.69, 9.17) is 11.2 Å². The lowest BCUT2D eigenvalue weighted by Gasteiger charge is -2.25. The van der Waals surface area contributed by atoms with Gasteiger partial charge in [-0.05, 0) is 25.6 Å². The van der Waals surface area contributed by atoms with Gasteiger partial charge in [-0.2, -0.15) is 0 Å². The van der Waals surface area contributed by atoms with Crippen LogP contribution in [0.4, 0.5) is 0 Å². The zero-order valence-electron chi connectivity index (χ0n) is 11.6. The second-order valence-electron chi connectivity index (χ2n) is 4.36. The molecule has 0 aliphatic rings. The van der Waals surface area contributed by atoms with Gasteiger partial charge in [-0.15, -0.1) is 12.3 Å². The molecular formula is C16H21NO2. The number of hydrogen-bond acceptors (Lipinski definition) is 3. The summed E-state index contributed by atoms with van der Waals surface area (Å²) in [7, 11) is 1.92. The van der Waals surface area contributed by atoms with Crippen LogP contribution >= 0.6 is 0 Å². The fourth-order valence-electron chi connectivity index (χ4n) is 1.81. The fourth-order valence-corrected chi connectivity index (χ4v) is 1.81. The van der Waals surface area contributed by atoms with Crippen LogP contribution in [0.3, 0.4) is 0 Å². The van der Waals surface area contributed by atoms with Crippen molar-refractivity contribution in [3.63, 3.8) is 0 Å². The van der Waals surface area contributed by atoms with Crippen molar-refractivity contribution < 1.29 is 9.53 Å². The van der Waals surface area contributed by atoms with E-state index in [2.05, 4.69) is 5.92 Å². The Bertz CT molecular complexity index is 422. The summed E-state index contributed by atoms with van der Waals surface area (Å²) in [6.45, 7) is 3.17. The number of benzene rings is 1. The number of carbonyl (C=O) groups excluding carboxylic acids is 1. The van der Waals surface area contributed by atoms with Crippen LogP contribution in [0, 0.1) is 12.3 Å². The molecule has 1 aromatic carbocycles. The van der Waals surface area contributed by atoms with Gasteiger partial charge in [0.1, 0.15) is 6.04 Å². The topological polar surface area (TPSA) is 29.5 Å². The Hall–Kier alpha value is -1.79. The third-order valence-electron chi connectivity index (χ3n) is 2.99. The minimum Gasteiger partial charge on any atom is -0.464 e. The Balaban J connectivity index is 2.70. The van der Waals surface area contributed by atoms with Crippen molar-refractivity contribution in [2.75, 3.05) is 20.2 Å². The smallest absolute Gasteiger partial charge is 0.327 e. The molecule has 0 fully saturated rings. The van der Waals surface area contributed by atoms with Gasteiger partial charge in [0.05, 0.1) is 6.61 Å². The average molecular weight is 259 g/mol. The molecule has 0 amide bonds. The third-order valence-corrected chi connectivity index (χ3v) is 2.99. The van der Waals surface area contributed by atoms with Crippen LogP contribution in [-0.2, 0) is 9.53 Å². The van der Waals surface area contributed by atoms with E-state index in [-0.39, 0.29) is 12.0 Å². The fraction of sp³-hybridized carbons (Fsp3) is 0.438. The van der Waals surface area contributed by atoms with Crippen molar-refractivity contribution in [1.82, 2.24) is 4.90 Å². The van der Waals surface area contributed by atoms with Gasteiger partial charge < -0.3 is 4.74 Å². The first-order valence-corrected chi connectivity index (χ1v) is 6.56. The molecule has 102 valence electrons. The molecule has 0 saturated heterocycles. The van der Waals surface area contributed by atoms with E-state index in [1.54, 1.807) is 0 Å². The number of nitrogens with zero attached hydrogens (tertiary/aromatic N) is 1. The molecule has 1 atom stereocenters. The highest BCUT2D eigenvalue weighted by molar-refractivity contribution is 5.77. The number of ether oxygens (including phenoxy) is 1. The predicted octanol–water partition coefficient (Wildman–Crippen LogP) is 2.64. The summed E-state index contributed by atoms with van der Waals surface area (Å²) in [6, 6.07) is 9.33. The second-order valence-corrected chi connectivity index (χ2v) is 4.36. The van der Waals surface area contributed by atoms with Crippen LogP contribution in [0.5, 0.6) is 0 Å². The molecule has 1 unspecified atom stereocenters. The number of terminal acetylenes is 1.